The molecule has 3 aromatic rings. The molecule has 0 radical (unpaired) electrons. The molecule has 0 aromatic heterocycles. The van der Waals surface area contributed by atoms with Gasteiger partial charge in [0.1, 0.15) is 11.5 Å². The van der Waals surface area contributed by atoms with Crippen molar-refractivity contribution in [3.8, 4) is 11.5 Å². The molecule has 0 fully saturated rings. The number of anilines is 4. The van der Waals surface area contributed by atoms with E-state index in [1.807, 2.05) is 12.1 Å². The van der Waals surface area contributed by atoms with E-state index in [1.165, 1.54) is 23.9 Å². The van der Waals surface area contributed by atoms with Crippen LogP contribution in [-0.2, 0) is 23.8 Å². The van der Waals surface area contributed by atoms with Gasteiger partial charge in [0.15, 0.2) is 5.96 Å². The van der Waals surface area contributed by atoms with Crippen molar-refractivity contribution in [3.05, 3.63) is 65.2 Å². The fourth-order valence-electron chi connectivity index (χ4n) is 5.37. The standard InChI is InChI=1S/C37H53F3N10O3S/c1-2-3-7-24-20-30(49-33(51)9-4-5-17-47-35(44)45)34(54-19-16-43)31(21-24)50-36(52)48-26-10-13-32(25(22-26)8-6-14-41)53-27-11-12-29(46-18-15-42)28(23-27)37(38,39)40/h10-13,20-23,46H,2-9,14-19,41-43H2,1H3,(H,49,51)(H4,44,45,47)(H2,48,50,52). The first-order valence-electron chi connectivity index (χ1n) is 18.0. The number of amides is 3. The van der Waals surface area contributed by atoms with Crippen LogP contribution in [0.1, 0.15) is 62.1 Å². The maximum absolute atomic E-state index is 13.9. The molecule has 0 saturated heterocycles. The molecule has 54 heavy (non-hydrogen) atoms. The first-order chi connectivity index (χ1) is 25.9. The predicted molar refractivity (Wildman–Crippen MR) is 214 cm³/mol. The number of halogens is 3. The zero-order valence-electron chi connectivity index (χ0n) is 30.6. The quantitative estimate of drug-likeness (QED) is 0.0243. The summed E-state index contributed by atoms with van der Waals surface area (Å²) in [6, 6.07) is 11.9. The number of guanidine groups is 1. The van der Waals surface area contributed by atoms with E-state index in [-0.39, 0.29) is 42.8 Å². The van der Waals surface area contributed by atoms with Gasteiger partial charge in [-0.2, -0.15) is 13.2 Å². The van der Waals surface area contributed by atoms with Crippen molar-refractivity contribution < 1.29 is 27.5 Å². The zero-order chi connectivity index (χ0) is 39.5. The van der Waals surface area contributed by atoms with Crippen molar-refractivity contribution in [1.29, 1.82) is 0 Å². The number of nitrogens with one attached hydrogen (secondary N) is 4. The van der Waals surface area contributed by atoms with Crippen LogP contribution in [0.15, 0.2) is 58.4 Å². The SMILES string of the molecule is CCCCc1cc(NC(=O)CCCCN=C(N)N)c(SCCN)c(NC(=O)Nc2ccc(Oc3ccc(NCCN)c(C(F)(F)F)c3)c(CCCN)c2)c1. The predicted octanol–water partition coefficient (Wildman–Crippen LogP) is 6.18. The van der Waals surface area contributed by atoms with E-state index in [1.54, 1.807) is 18.2 Å². The van der Waals surface area contributed by atoms with Crippen LogP contribution in [0.5, 0.6) is 11.5 Å². The van der Waals surface area contributed by atoms with E-state index in [4.69, 9.17) is 33.4 Å². The molecule has 0 saturated carbocycles. The number of hydrogen-bond acceptors (Lipinski definition) is 9. The van der Waals surface area contributed by atoms with Crippen LogP contribution in [0.25, 0.3) is 0 Å². The van der Waals surface area contributed by atoms with Crippen molar-refractivity contribution in [1.82, 2.24) is 0 Å². The van der Waals surface area contributed by atoms with Gasteiger partial charge in [0.25, 0.3) is 0 Å². The molecule has 3 rings (SSSR count). The first-order valence-corrected chi connectivity index (χ1v) is 19.0. The van der Waals surface area contributed by atoms with Crippen molar-refractivity contribution >= 4 is 52.4 Å². The summed E-state index contributed by atoms with van der Waals surface area (Å²) >= 11 is 1.42. The van der Waals surface area contributed by atoms with Gasteiger partial charge in [0.2, 0.25) is 5.91 Å². The van der Waals surface area contributed by atoms with Gasteiger partial charge in [-0.3, -0.25) is 9.79 Å². The number of rotatable bonds is 22. The van der Waals surface area contributed by atoms with Crippen LogP contribution < -0.4 is 54.7 Å². The second-order valence-electron chi connectivity index (χ2n) is 12.4. The highest BCUT2D eigenvalue weighted by Gasteiger charge is 2.34. The number of hydrogen-bond donors (Lipinski definition) is 9. The Hall–Kier alpha value is -4.71. The summed E-state index contributed by atoms with van der Waals surface area (Å²) < 4.78 is 47.6. The van der Waals surface area contributed by atoms with Gasteiger partial charge < -0.3 is 54.7 Å². The summed E-state index contributed by atoms with van der Waals surface area (Å²) in [5, 5.41) is 11.5. The Morgan fingerprint density at radius 3 is 2.26 bits per heavy atom. The van der Waals surface area contributed by atoms with E-state index in [0.717, 1.165) is 30.9 Å². The molecule has 3 amide bonds. The molecule has 0 bridgehead atoms. The van der Waals surface area contributed by atoms with Crippen LogP contribution in [0.3, 0.4) is 0 Å². The highest BCUT2D eigenvalue weighted by Crippen LogP contribution is 2.40. The second-order valence-corrected chi connectivity index (χ2v) is 13.5. The first kappa shape index (κ1) is 43.7. The highest BCUT2D eigenvalue weighted by atomic mass is 32.2. The lowest BCUT2D eigenvalue weighted by Crippen LogP contribution is -2.23. The number of aryl methyl sites for hydroxylation is 2. The third-order valence-electron chi connectivity index (χ3n) is 7.91. The fraction of sp³-hybridized carbons (Fsp3) is 0.432. The molecule has 3 aromatic carbocycles. The Balaban J connectivity index is 1.86. The Morgan fingerprint density at radius 2 is 1.59 bits per heavy atom. The van der Waals surface area contributed by atoms with Crippen LogP contribution in [-0.4, -0.2) is 56.4 Å². The molecular weight excluding hydrogens is 722 g/mol. The number of carbonyl (C=O) groups is 2. The zero-order valence-corrected chi connectivity index (χ0v) is 31.4. The highest BCUT2D eigenvalue weighted by molar-refractivity contribution is 7.99. The number of thioether (sulfide) groups is 1. The Bertz CT molecular complexity index is 1700. The summed E-state index contributed by atoms with van der Waals surface area (Å²) in [4.78, 5) is 31.1. The Labute approximate surface area is 318 Å². The smallest absolute Gasteiger partial charge is 0.418 e. The lowest BCUT2D eigenvalue weighted by atomic mass is 10.1. The number of unbranched alkanes of at least 4 members (excludes halogenated alkanes) is 2. The average molecular weight is 775 g/mol. The molecule has 0 spiro atoms. The summed E-state index contributed by atoms with van der Waals surface area (Å²) in [5.74, 6) is 0.680. The third kappa shape index (κ3) is 14.6. The minimum Gasteiger partial charge on any atom is -0.457 e. The third-order valence-corrected chi connectivity index (χ3v) is 9.08. The number of nitrogens with zero attached hydrogens (tertiary/aromatic N) is 1. The van der Waals surface area contributed by atoms with E-state index < -0.39 is 17.8 Å². The molecule has 13 nitrogen and oxygen atoms in total. The van der Waals surface area contributed by atoms with Crippen molar-refractivity contribution in [2.75, 3.05) is 59.7 Å². The maximum atomic E-state index is 13.9. The Kier molecular flexibility index (Phi) is 18.2. The second kappa shape index (κ2) is 22.5. The number of urea groups is 1. The fourth-order valence-corrected chi connectivity index (χ4v) is 6.23. The van der Waals surface area contributed by atoms with Gasteiger partial charge in [-0.25, -0.2) is 4.79 Å². The number of carbonyl (C=O) groups excluding carboxylic acids is 2. The van der Waals surface area contributed by atoms with Crippen LogP contribution >= 0.6 is 11.8 Å². The largest absolute Gasteiger partial charge is 0.457 e. The lowest BCUT2D eigenvalue weighted by molar-refractivity contribution is -0.137. The topological polar surface area (TPSA) is 234 Å². The van der Waals surface area contributed by atoms with Crippen LogP contribution in [0.2, 0.25) is 0 Å². The molecule has 0 aliphatic carbocycles. The molecule has 0 heterocycles. The van der Waals surface area contributed by atoms with Crippen molar-refractivity contribution in [3.63, 3.8) is 0 Å². The minimum absolute atomic E-state index is 0.00675. The van der Waals surface area contributed by atoms with E-state index in [2.05, 4.69) is 33.2 Å². The van der Waals surface area contributed by atoms with Gasteiger partial charge in [0.05, 0.1) is 21.8 Å². The number of aliphatic imine (C=N–C) groups is 1. The van der Waals surface area contributed by atoms with Gasteiger partial charge in [0, 0.05) is 49.7 Å². The monoisotopic (exact) mass is 774 g/mol. The molecule has 0 aliphatic heterocycles. The number of ether oxygens (including phenoxy) is 1. The number of alkyl halides is 3. The molecule has 0 aliphatic rings. The van der Waals surface area contributed by atoms with Crippen molar-refractivity contribution in [2.24, 2.45) is 33.7 Å². The van der Waals surface area contributed by atoms with Crippen molar-refractivity contribution in [2.45, 2.75) is 69.4 Å². The summed E-state index contributed by atoms with van der Waals surface area (Å²) in [5.41, 5.74) is 30.0. The normalized spacial score (nSPS) is 11.2. The van der Waals surface area contributed by atoms with E-state index >= 15 is 0 Å². The van der Waals surface area contributed by atoms with Crippen LogP contribution in [0.4, 0.5) is 40.7 Å². The summed E-state index contributed by atoms with van der Waals surface area (Å²) in [7, 11) is 0. The molecule has 0 atom stereocenters. The lowest BCUT2D eigenvalue weighted by Gasteiger charge is -2.19. The molecule has 14 N–H and O–H groups in total. The summed E-state index contributed by atoms with van der Waals surface area (Å²) in [6.45, 7) is 3.59. The van der Waals surface area contributed by atoms with Gasteiger partial charge in [-0.1, -0.05) is 13.3 Å². The van der Waals surface area contributed by atoms with Gasteiger partial charge in [-0.05, 0) is 105 Å². The van der Waals surface area contributed by atoms with E-state index in [0.29, 0.717) is 84.3 Å². The maximum Gasteiger partial charge on any atom is 0.418 e. The van der Waals surface area contributed by atoms with Crippen LogP contribution in [0, 0.1) is 0 Å². The minimum atomic E-state index is -4.62. The Morgan fingerprint density at radius 1 is 0.833 bits per heavy atom. The molecule has 0 unspecified atom stereocenters. The summed E-state index contributed by atoms with van der Waals surface area (Å²) in [6.07, 6.45) is 0.478. The number of benzene rings is 3. The van der Waals surface area contributed by atoms with E-state index in [9.17, 15) is 22.8 Å². The number of nitrogens with two attached hydrogens (primary N) is 5. The molecule has 296 valence electrons. The molecule has 17 heteroatoms. The van der Waals surface area contributed by atoms with Gasteiger partial charge in [-0.15, -0.1) is 11.8 Å². The average Bonchev–Trinajstić information content (AvgIpc) is 3.12. The molecular formula is C37H53F3N10O3S. The van der Waals surface area contributed by atoms with Gasteiger partial charge >= 0.3 is 12.2 Å².